The summed E-state index contributed by atoms with van der Waals surface area (Å²) in [5, 5.41) is 0. The molecule has 1 heterocycles. The van der Waals surface area contributed by atoms with Crippen LogP contribution in [0.15, 0.2) is 22.7 Å². The lowest BCUT2D eigenvalue weighted by Crippen LogP contribution is -2.21. The SMILES string of the molecule is NNc1nc2cccc(Br)c2n1C1CCC1. The van der Waals surface area contributed by atoms with Crippen molar-refractivity contribution < 1.29 is 0 Å². The third-order valence-corrected chi connectivity index (χ3v) is 3.87. The third kappa shape index (κ3) is 1.35. The van der Waals surface area contributed by atoms with E-state index >= 15 is 0 Å². The number of anilines is 1. The molecule has 0 amide bonds. The molecule has 3 N–H and O–H groups in total. The Morgan fingerprint density at radius 1 is 1.44 bits per heavy atom. The first kappa shape index (κ1) is 10.1. The summed E-state index contributed by atoms with van der Waals surface area (Å²) in [5.41, 5.74) is 4.81. The summed E-state index contributed by atoms with van der Waals surface area (Å²) in [4.78, 5) is 4.49. The summed E-state index contributed by atoms with van der Waals surface area (Å²) in [5.74, 6) is 6.29. The predicted octanol–water partition coefficient (Wildman–Crippen LogP) is 2.81. The second-order valence-electron chi connectivity index (χ2n) is 4.14. The molecule has 3 rings (SSSR count). The van der Waals surface area contributed by atoms with Crippen molar-refractivity contribution in [2.24, 2.45) is 5.84 Å². The van der Waals surface area contributed by atoms with Gasteiger partial charge in [-0.15, -0.1) is 0 Å². The van der Waals surface area contributed by atoms with Gasteiger partial charge >= 0.3 is 0 Å². The first-order valence-corrected chi connectivity index (χ1v) is 6.23. The number of halogens is 1. The van der Waals surface area contributed by atoms with Gasteiger partial charge in [0.2, 0.25) is 5.95 Å². The van der Waals surface area contributed by atoms with Crippen LogP contribution >= 0.6 is 15.9 Å². The van der Waals surface area contributed by atoms with E-state index in [-0.39, 0.29) is 0 Å². The Morgan fingerprint density at radius 3 is 2.88 bits per heavy atom. The highest BCUT2D eigenvalue weighted by atomic mass is 79.9. The fourth-order valence-corrected chi connectivity index (χ4v) is 2.76. The average Bonchev–Trinajstić information content (AvgIpc) is 2.56. The summed E-state index contributed by atoms with van der Waals surface area (Å²) in [6.45, 7) is 0. The molecular weight excluding hydrogens is 268 g/mol. The van der Waals surface area contributed by atoms with Crippen LogP contribution in [0.1, 0.15) is 25.3 Å². The van der Waals surface area contributed by atoms with Crippen LogP contribution in [-0.4, -0.2) is 9.55 Å². The smallest absolute Gasteiger partial charge is 0.218 e. The van der Waals surface area contributed by atoms with Crippen LogP contribution in [0.3, 0.4) is 0 Å². The third-order valence-electron chi connectivity index (χ3n) is 3.23. The number of hydrogen-bond donors (Lipinski definition) is 2. The lowest BCUT2D eigenvalue weighted by atomic mass is 9.93. The van der Waals surface area contributed by atoms with Gasteiger partial charge in [-0.1, -0.05) is 6.07 Å². The van der Waals surface area contributed by atoms with Crippen LogP contribution in [0, 0.1) is 0 Å². The molecule has 1 aromatic heterocycles. The molecule has 2 aromatic rings. The van der Waals surface area contributed by atoms with Gasteiger partial charge in [-0.05, 0) is 47.3 Å². The zero-order valence-corrected chi connectivity index (χ0v) is 10.4. The highest BCUT2D eigenvalue weighted by Gasteiger charge is 2.25. The molecular formula is C11H13BrN4. The minimum Gasteiger partial charge on any atom is -0.305 e. The van der Waals surface area contributed by atoms with E-state index in [9.17, 15) is 0 Å². The number of nitrogens with zero attached hydrogens (tertiary/aromatic N) is 2. The van der Waals surface area contributed by atoms with Gasteiger partial charge in [-0.2, -0.15) is 0 Å². The summed E-state index contributed by atoms with van der Waals surface area (Å²) in [6, 6.07) is 6.58. The normalized spacial score (nSPS) is 16.4. The first-order valence-electron chi connectivity index (χ1n) is 5.44. The van der Waals surface area contributed by atoms with Crippen molar-refractivity contribution in [2.45, 2.75) is 25.3 Å². The Morgan fingerprint density at radius 2 is 2.25 bits per heavy atom. The summed E-state index contributed by atoms with van der Waals surface area (Å²) in [6.07, 6.45) is 3.71. The Balaban J connectivity index is 2.28. The molecule has 0 radical (unpaired) electrons. The average molecular weight is 281 g/mol. The molecule has 1 aliphatic carbocycles. The van der Waals surface area contributed by atoms with Crippen LogP contribution in [0.4, 0.5) is 5.95 Å². The number of nitrogens with two attached hydrogens (primary N) is 1. The molecule has 5 heteroatoms. The van der Waals surface area contributed by atoms with Gasteiger partial charge in [0.25, 0.3) is 0 Å². The minimum atomic E-state index is 0.537. The maximum absolute atomic E-state index is 5.53. The summed E-state index contributed by atoms with van der Waals surface area (Å²) >= 11 is 3.58. The molecule has 16 heavy (non-hydrogen) atoms. The highest BCUT2D eigenvalue weighted by molar-refractivity contribution is 9.10. The Kier molecular flexibility index (Phi) is 2.37. The molecule has 0 spiro atoms. The van der Waals surface area contributed by atoms with Gasteiger partial charge in [-0.25, -0.2) is 10.8 Å². The lowest BCUT2D eigenvalue weighted by molar-refractivity contribution is 0.323. The van der Waals surface area contributed by atoms with Crippen LogP contribution in [0.2, 0.25) is 0 Å². The van der Waals surface area contributed by atoms with E-state index in [2.05, 4.69) is 30.9 Å². The Hall–Kier alpha value is -1.07. The van der Waals surface area contributed by atoms with E-state index in [1.807, 2.05) is 18.2 Å². The molecule has 0 aliphatic heterocycles. The molecule has 84 valence electrons. The van der Waals surface area contributed by atoms with Gasteiger partial charge in [0.05, 0.1) is 11.0 Å². The van der Waals surface area contributed by atoms with Gasteiger partial charge < -0.3 is 4.57 Å². The van der Waals surface area contributed by atoms with E-state index in [0.29, 0.717) is 6.04 Å². The topological polar surface area (TPSA) is 55.9 Å². The number of hydrazine groups is 1. The van der Waals surface area contributed by atoms with Crippen molar-refractivity contribution in [3.63, 3.8) is 0 Å². The zero-order valence-electron chi connectivity index (χ0n) is 8.78. The Bertz CT molecular complexity index is 530. The minimum absolute atomic E-state index is 0.537. The molecule has 0 saturated heterocycles. The van der Waals surface area contributed by atoms with E-state index in [4.69, 9.17) is 5.84 Å². The molecule has 1 saturated carbocycles. The zero-order chi connectivity index (χ0) is 11.1. The fourth-order valence-electron chi connectivity index (χ4n) is 2.21. The van der Waals surface area contributed by atoms with Gasteiger partial charge in [0, 0.05) is 10.5 Å². The number of para-hydroxylation sites is 1. The second kappa shape index (κ2) is 3.75. The predicted molar refractivity (Wildman–Crippen MR) is 68.1 cm³/mol. The lowest BCUT2D eigenvalue weighted by Gasteiger charge is -2.29. The van der Waals surface area contributed by atoms with Crippen LogP contribution in [0.5, 0.6) is 0 Å². The summed E-state index contributed by atoms with van der Waals surface area (Å²) < 4.78 is 3.29. The van der Waals surface area contributed by atoms with Crippen LogP contribution in [-0.2, 0) is 0 Å². The van der Waals surface area contributed by atoms with E-state index in [0.717, 1.165) is 21.5 Å². The highest BCUT2D eigenvalue weighted by Crippen LogP contribution is 2.38. The monoisotopic (exact) mass is 280 g/mol. The molecule has 0 bridgehead atoms. The van der Waals surface area contributed by atoms with E-state index < -0.39 is 0 Å². The van der Waals surface area contributed by atoms with Crippen molar-refractivity contribution in [2.75, 3.05) is 5.43 Å². The van der Waals surface area contributed by atoms with Crippen LogP contribution in [0.25, 0.3) is 11.0 Å². The van der Waals surface area contributed by atoms with Crippen molar-refractivity contribution >= 4 is 32.9 Å². The van der Waals surface area contributed by atoms with Crippen LogP contribution < -0.4 is 11.3 Å². The van der Waals surface area contributed by atoms with Crippen molar-refractivity contribution in [1.82, 2.24) is 9.55 Å². The molecule has 0 atom stereocenters. The Labute approximate surface area is 102 Å². The van der Waals surface area contributed by atoms with Crippen molar-refractivity contribution in [3.8, 4) is 0 Å². The quantitative estimate of drug-likeness (QED) is 0.657. The van der Waals surface area contributed by atoms with Crippen molar-refractivity contribution in [3.05, 3.63) is 22.7 Å². The molecule has 4 nitrogen and oxygen atoms in total. The number of nitrogens with one attached hydrogen (secondary N) is 1. The number of aromatic nitrogens is 2. The number of rotatable bonds is 2. The number of benzene rings is 1. The second-order valence-corrected chi connectivity index (χ2v) is 5.00. The van der Waals surface area contributed by atoms with E-state index in [1.165, 1.54) is 19.3 Å². The largest absolute Gasteiger partial charge is 0.305 e. The van der Waals surface area contributed by atoms with Gasteiger partial charge in [0.15, 0.2) is 0 Å². The van der Waals surface area contributed by atoms with Gasteiger partial charge in [0.1, 0.15) is 0 Å². The molecule has 1 fully saturated rings. The molecule has 1 aromatic carbocycles. The van der Waals surface area contributed by atoms with E-state index in [1.54, 1.807) is 0 Å². The number of fused-ring (bicyclic) bond motifs is 1. The van der Waals surface area contributed by atoms with Gasteiger partial charge in [-0.3, -0.25) is 5.43 Å². The fraction of sp³-hybridized carbons (Fsp3) is 0.364. The number of imidazole rings is 1. The maximum Gasteiger partial charge on any atom is 0.218 e. The standard InChI is InChI=1S/C11H13BrN4/c12-8-5-2-6-9-10(8)16(7-3-1-4-7)11(14-9)15-13/h2,5-7H,1,3-4,13H2,(H,14,15). The maximum atomic E-state index is 5.53. The number of nitrogen functional groups attached to an aromatic ring is 1. The van der Waals surface area contributed by atoms with Crippen molar-refractivity contribution in [1.29, 1.82) is 0 Å². The first-order chi connectivity index (χ1) is 7.81. The number of hydrogen-bond acceptors (Lipinski definition) is 3. The molecule has 1 aliphatic rings. The summed E-state index contributed by atoms with van der Waals surface area (Å²) in [7, 11) is 0. The molecule has 0 unspecified atom stereocenters.